The highest BCUT2D eigenvalue weighted by Gasteiger charge is 2.35. The third kappa shape index (κ3) is 1.95. The minimum Gasteiger partial charge on any atom is -0.305 e. The molecule has 0 unspecified atom stereocenters. The highest BCUT2D eigenvalue weighted by Crippen LogP contribution is 2.29. The van der Waals surface area contributed by atoms with Crippen molar-refractivity contribution in [2.75, 3.05) is 18.1 Å². The first-order chi connectivity index (χ1) is 8.19. The maximum absolute atomic E-state index is 12.1. The minimum atomic E-state index is -0.540. The van der Waals surface area contributed by atoms with Crippen LogP contribution >= 0.6 is 0 Å². The first-order valence-electron chi connectivity index (χ1n) is 5.74. The molecule has 0 saturated heterocycles. The molecule has 1 amide bonds. The number of ketones is 1. The van der Waals surface area contributed by atoms with Crippen molar-refractivity contribution in [2.45, 2.75) is 19.8 Å². The maximum Gasteiger partial charge on any atom is 0.299 e. The quantitative estimate of drug-likeness (QED) is 0.750. The van der Waals surface area contributed by atoms with Crippen LogP contribution in [-0.4, -0.2) is 24.9 Å². The van der Waals surface area contributed by atoms with Crippen molar-refractivity contribution in [3.8, 4) is 0 Å². The Morgan fingerprint density at radius 3 is 2.71 bits per heavy atom. The van der Waals surface area contributed by atoms with Crippen LogP contribution in [0.5, 0.6) is 0 Å². The zero-order valence-corrected chi connectivity index (χ0v) is 9.70. The second kappa shape index (κ2) is 4.65. The molecule has 1 aliphatic rings. The number of fused-ring (bicyclic) bond motifs is 1. The predicted octanol–water partition coefficient (Wildman–Crippen LogP) is 2.14. The van der Waals surface area contributed by atoms with E-state index in [4.69, 9.17) is 0 Å². The molecule has 0 N–H and O–H groups in total. The number of carbonyl (C=O) groups is 2. The van der Waals surface area contributed by atoms with Crippen LogP contribution in [-0.2, 0) is 11.2 Å². The van der Waals surface area contributed by atoms with Crippen molar-refractivity contribution in [3.05, 3.63) is 29.3 Å². The molecule has 2 rings (SSSR count). The standard InChI is InChI=1S/C13H14FNO2/c1-2-9-4-5-11-10(8-9)12(16)13(17)15(11)7-3-6-14/h4-5,8H,2-3,6-7H2,1H3. The van der Waals surface area contributed by atoms with Crippen molar-refractivity contribution in [1.29, 1.82) is 0 Å². The molecule has 4 heteroatoms. The number of anilines is 1. The fraction of sp³-hybridized carbons (Fsp3) is 0.385. The monoisotopic (exact) mass is 235 g/mol. The minimum absolute atomic E-state index is 0.258. The van der Waals surface area contributed by atoms with E-state index in [2.05, 4.69) is 0 Å². The zero-order chi connectivity index (χ0) is 12.4. The summed E-state index contributed by atoms with van der Waals surface area (Å²) in [7, 11) is 0. The molecule has 1 heterocycles. The van der Waals surface area contributed by atoms with Crippen molar-refractivity contribution in [1.82, 2.24) is 0 Å². The summed E-state index contributed by atoms with van der Waals surface area (Å²) in [4.78, 5) is 24.8. The van der Waals surface area contributed by atoms with E-state index in [1.165, 1.54) is 4.90 Å². The van der Waals surface area contributed by atoms with Gasteiger partial charge in [-0.3, -0.25) is 14.0 Å². The van der Waals surface area contributed by atoms with Crippen LogP contribution in [0.1, 0.15) is 29.3 Å². The van der Waals surface area contributed by atoms with Crippen LogP contribution in [0.25, 0.3) is 0 Å². The molecule has 0 aliphatic carbocycles. The van der Waals surface area contributed by atoms with Gasteiger partial charge in [-0.25, -0.2) is 0 Å². The highest BCUT2D eigenvalue weighted by atomic mass is 19.1. The molecule has 0 spiro atoms. The van der Waals surface area contributed by atoms with Crippen molar-refractivity contribution < 1.29 is 14.0 Å². The molecule has 1 aromatic carbocycles. The molecule has 90 valence electrons. The van der Waals surface area contributed by atoms with E-state index in [1.54, 1.807) is 12.1 Å². The number of aryl methyl sites for hydroxylation is 1. The third-order valence-electron chi connectivity index (χ3n) is 2.96. The number of hydrogen-bond donors (Lipinski definition) is 0. The van der Waals surface area contributed by atoms with Gasteiger partial charge in [-0.15, -0.1) is 0 Å². The van der Waals surface area contributed by atoms with Gasteiger partial charge in [0.1, 0.15) is 0 Å². The van der Waals surface area contributed by atoms with Gasteiger partial charge in [-0.1, -0.05) is 13.0 Å². The number of carbonyl (C=O) groups excluding carboxylic acids is 2. The Hall–Kier alpha value is -1.71. The summed E-state index contributed by atoms with van der Waals surface area (Å²) in [5, 5.41) is 0. The number of hydrogen-bond acceptors (Lipinski definition) is 2. The number of benzene rings is 1. The van der Waals surface area contributed by atoms with Crippen molar-refractivity contribution in [3.63, 3.8) is 0 Å². The lowest BCUT2D eigenvalue weighted by molar-refractivity contribution is -0.114. The molecular formula is C13H14FNO2. The lowest BCUT2D eigenvalue weighted by Gasteiger charge is -2.15. The molecule has 0 atom stereocenters. The number of alkyl halides is 1. The lowest BCUT2D eigenvalue weighted by atomic mass is 10.1. The molecule has 0 fully saturated rings. The summed E-state index contributed by atoms with van der Waals surface area (Å²) in [6.07, 6.45) is 1.08. The molecule has 17 heavy (non-hydrogen) atoms. The summed E-state index contributed by atoms with van der Waals surface area (Å²) < 4.78 is 12.1. The normalized spacial score (nSPS) is 14.4. The Morgan fingerprint density at radius 1 is 1.29 bits per heavy atom. The number of nitrogens with zero attached hydrogens (tertiary/aromatic N) is 1. The van der Waals surface area contributed by atoms with E-state index in [9.17, 15) is 14.0 Å². The van der Waals surface area contributed by atoms with E-state index in [-0.39, 0.29) is 13.0 Å². The number of amides is 1. The number of halogens is 1. The van der Waals surface area contributed by atoms with Crippen LogP contribution in [0, 0.1) is 0 Å². The average molecular weight is 235 g/mol. The van der Waals surface area contributed by atoms with Gasteiger partial charge >= 0.3 is 0 Å². The number of Topliss-reactive ketones (excluding diaryl/α,β-unsaturated/α-hetero) is 1. The smallest absolute Gasteiger partial charge is 0.299 e. The van der Waals surface area contributed by atoms with Crippen molar-refractivity contribution in [2.24, 2.45) is 0 Å². The highest BCUT2D eigenvalue weighted by molar-refractivity contribution is 6.52. The van der Waals surface area contributed by atoms with Gasteiger partial charge in [0.25, 0.3) is 11.7 Å². The summed E-state index contributed by atoms with van der Waals surface area (Å²) >= 11 is 0. The topological polar surface area (TPSA) is 37.4 Å². The van der Waals surface area contributed by atoms with E-state index in [0.29, 0.717) is 11.3 Å². The van der Waals surface area contributed by atoms with E-state index < -0.39 is 18.4 Å². The molecule has 1 aliphatic heterocycles. The van der Waals surface area contributed by atoms with Crippen LogP contribution in [0.3, 0.4) is 0 Å². The van der Waals surface area contributed by atoms with Crippen LogP contribution in [0.15, 0.2) is 18.2 Å². The molecule has 0 aromatic heterocycles. The fourth-order valence-corrected chi connectivity index (χ4v) is 2.01. The molecule has 3 nitrogen and oxygen atoms in total. The second-order valence-corrected chi connectivity index (χ2v) is 4.03. The average Bonchev–Trinajstić information content (AvgIpc) is 2.60. The van der Waals surface area contributed by atoms with Crippen LogP contribution < -0.4 is 4.90 Å². The Kier molecular flexibility index (Phi) is 3.22. The van der Waals surface area contributed by atoms with Crippen molar-refractivity contribution >= 4 is 17.4 Å². The van der Waals surface area contributed by atoms with Gasteiger partial charge in [0.2, 0.25) is 0 Å². The molecular weight excluding hydrogens is 221 g/mol. The van der Waals surface area contributed by atoms with E-state index in [1.807, 2.05) is 13.0 Å². The Bertz CT molecular complexity index is 470. The van der Waals surface area contributed by atoms with E-state index in [0.717, 1.165) is 12.0 Å². The first kappa shape index (κ1) is 11.8. The molecule has 1 aromatic rings. The molecule has 0 radical (unpaired) electrons. The molecule has 0 saturated carbocycles. The summed E-state index contributed by atoms with van der Waals surface area (Å²) in [5.41, 5.74) is 2.09. The maximum atomic E-state index is 12.1. The SMILES string of the molecule is CCc1ccc2c(c1)C(=O)C(=O)N2CCCF. The Balaban J connectivity index is 2.36. The first-order valence-corrected chi connectivity index (χ1v) is 5.74. The van der Waals surface area contributed by atoms with Gasteiger partial charge in [-0.05, 0) is 30.5 Å². The third-order valence-corrected chi connectivity index (χ3v) is 2.96. The summed E-state index contributed by atoms with van der Waals surface area (Å²) in [6, 6.07) is 5.42. The van der Waals surface area contributed by atoms with Gasteiger partial charge < -0.3 is 4.90 Å². The summed E-state index contributed by atoms with van der Waals surface area (Å²) in [6.45, 7) is 1.77. The Morgan fingerprint density at radius 2 is 2.06 bits per heavy atom. The second-order valence-electron chi connectivity index (χ2n) is 4.03. The van der Waals surface area contributed by atoms with Crippen LogP contribution in [0.4, 0.5) is 10.1 Å². The molecule has 0 bridgehead atoms. The summed E-state index contributed by atoms with van der Waals surface area (Å²) in [5.74, 6) is -1.02. The van der Waals surface area contributed by atoms with E-state index >= 15 is 0 Å². The van der Waals surface area contributed by atoms with Gasteiger partial charge in [0.15, 0.2) is 0 Å². The van der Waals surface area contributed by atoms with Gasteiger partial charge in [0, 0.05) is 6.54 Å². The number of rotatable bonds is 4. The fourth-order valence-electron chi connectivity index (χ4n) is 2.01. The Labute approximate surface area is 99.2 Å². The zero-order valence-electron chi connectivity index (χ0n) is 9.70. The van der Waals surface area contributed by atoms with Crippen LogP contribution in [0.2, 0.25) is 0 Å². The predicted molar refractivity (Wildman–Crippen MR) is 63.1 cm³/mol. The largest absolute Gasteiger partial charge is 0.305 e. The lowest BCUT2D eigenvalue weighted by Crippen LogP contribution is -2.30. The van der Waals surface area contributed by atoms with Gasteiger partial charge in [0.05, 0.1) is 17.9 Å². The van der Waals surface area contributed by atoms with Gasteiger partial charge in [-0.2, -0.15) is 0 Å².